The molecule has 4 nitrogen and oxygen atoms in total. The highest BCUT2D eigenvalue weighted by Gasteiger charge is 2.43. The van der Waals surface area contributed by atoms with Gasteiger partial charge in [0.25, 0.3) is 0 Å². The van der Waals surface area contributed by atoms with Gasteiger partial charge in [0.05, 0.1) is 0 Å². The molecule has 0 radical (unpaired) electrons. The lowest BCUT2D eigenvalue weighted by molar-refractivity contribution is -0.158. The maximum Gasteiger partial charge on any atom is 0.232 e. The van der Waals surface area contributed by atoms with Gasteiger partial charge in [0, 0.05) is 24.4 Å². The van der Waals surface area contributed by atoms with Crippen molar-refractivity contribution < 1.29 is 9.59 Å². The highest BCUT2D eigenvalue weighted by atomic mass is 16.2. The molecule has 4 heteroatoms. The molecule has 1 aliphatic heterocycles. The van der Waals surface area contributed by atoms with E-state index in [2.05, 4.69) is 12.2 Å². The molecular weight excluding hydrogens is 216 g/mol. The zero-order chi connectivity index (χ0) is 12.4. The van der Waals surface area contributed by atoms with Crippen molar-refractivity contribution in [3.05, 3.63) is 0 Å². The van der Waals surface area contributed by atoms with Gasteiger partial charge in [-0.05, 0) is 32.7 Å². The smallest absolute Gasteiger partial charge is 0.232 e. The molecule has 1 aliphatic carbocycles. The number of likely N-dealkylation sites (N-methyl/N-ethyl adjacent to an activating group) is 1. The molecule has 1 saturated heterocycles. The summed E-state index contributed by atoms with van der Waals surface area (Å²) < 4.78 is 0. The first-order valence-corrected chi connectivity index (χ1v) is 6.69. The molecule has 3 unspecified atom stereocenters. The predicted octanol–water partition coefficient (Wildman–Crippen LogP) is 1.16. The summed E-state index contributed by atoms with van der Waals surface area (Å²) in [6.45, 7) is 2.61. The van der Waals surface area contributed by atoms with Crippen LogP contribution in [0.5, 0.6) is 0 Å². The van der Waals surface area contributed by atoms with Crippen LogP contribution in [-0.4, -0.2) is 36.3 Å². The van der Waals surface area contributed by atoms with E-state index in [0.29, 0.717) is 6.54 Å². The second-order valence-corrected chi connectivity index (χ2v) is 5.24. The van der Waals surface area contributed by atoms with Crippen LogP contribution < -0.4 is 5.32 Å². The molecule has 0 spiro atoms. The zero-order valence-corrected chi connectivity index (χ0v) is 10.7. The quantitative estimate of drug-likeness (QED) is 0.748. The Hall–Kier alpha value is -0.900. The van der Waals surface area contributed by atoms with Gasteiger partial charge < -0.3 is 5.32 Å². The van der Waals surface area contributed by atoms with Crippen molar-refractivity contribution in [3.8, 4) is 0 Å². The Morgan fingerprint density at radius 3 is 2.35 bits per heavy atom. The van der Waals surface area contributed by atoms with Crippen molar-refractivity contribution in [3.63, 3.8) is 0 Å². The first-order chi connectivity index (χ1) is 8.17. The number of nitrogens with one attached hydrogen (secondary N) is 1. The van der Waals surface area contributed by atoms with Gasteiger partial charge in [-0.2, -0.15) is 0 Å². The Kier molecular flexibility index (Phi) is 3.82. The van der Waals surface area contributed by atoms with E-state index in [9.17, 15) is 9.59 Å². The summed E-state index contributed by atoms with van der Waals surface area (Å²) >= 11 is 0. The Labute approximate surface area is 103 Å². The van der Waals surface area contributed by atoms with Gasteiger partial charge >= 0.3 is 0 Å². The van der Waals surface area contributed by atoms with Crippen LogP contribution in [0, 0.1) is 11.8 Å². The lowest BCUT2D eigenvalue weighted by atomic mass is 9.77. The van der Waals surface area contributed by atoms with E-state index in [1.54, 1.807) is 0 Å². The fourth-order valence-corrected chi connectivity index (χ4v) is 3.01. The lowest BCUT2D eigenvalue weighted by Crippen LogP contribution is -2.54. The first-order valence-electron chi connectivity index (χ1n) is 6.69. The normalized spacial score (nSPS) is 30.6. The molecule has 3 atom stereocenters. The largest absolute Gasteiger partial charge is 0.315 e. The average Bonchev–Trinajstić information content (AvgIpc) is 2.38. The average molecular weight is 238 g/mol. The molecule has 1 N–H and O–H groups in total. The van der Waals surface area contributed by atoms with Gasteiger partial charge in [0.2, 0.25) is 11.8 Å². The van der Waals surface area contributed by atoms with Gasteiger partial charge in [-0.15, -0.1) is 0 Å². The molecule has 2 fully saturated rings. The second kappa shape index (κ2) is 5.17. The third-order valence-electron chi connectivity index (χ3n) is 4.21. The number of hydrogen-bond donors (Lipinski definition) is 1. The van der Waals surface area contributed by atoms with Crippen molar-refractivity contribution >= 4 is 11.8 Å². The summed E-state index contributed by atoms with van der Waals surface area (Å²) in [5, 5.41) is 3.16. The van der Waals surface area contributed by atoms with E-state index in [4.69, 9.17) is 0 Å². The standard InChI is InChI=1S/C13H22N2O2/c1-3-11(14-2)8-15-12(16)9-5-4-6-10(7-9)13(15)17/h9-11,14H,3-8H2,1-2H3. The van der Waals surface area contributed by atoms with E-state index < -0.39 is 0 Å². The van der Waals surface area contributed by atoms with E-state index in [0.717, 1.165) is 32.1 Å². The highest BCUT2D eigenvalue weighted by molar-refractivity contribution is 6.00. The van der Waals surface area contributed by atoms with Crippen LogP contribution in [0.2, 0.25) is 0 Å². The molecule has 1 heterocycles. The minimum Gasteiger partial charge on any atom is -0.315 e. The topological polar surface area (TPSA) is 49.4 Å². The van der Waals surface area contributed by atoms with E-state index in [1.165, 1.54) is 4.90 Å². The maximum absolute atomic E-state index is 12.2. The van der Waals surface area contributed by atoms with Gasteiger partial charge in [-0.25, -0.2) is 0 Å². The fraction of sp³-hybridized carbons (Fsp3) is 0.846. The molecule has 96 valence electrons. The van der Waals surface area contributed by atoms with E-state index in [-0.39, 0.29) is 29.7 Å². The van der Waals surface area contributed by atoms with Gasteiger partial charge in [0.1, 0.15) is 0 Å². The van der Waals surface area contributed by atoms with E-state index in [1.807, 2.05) is 7.05 Å². The number of imide groups is 1. The fourth-order valence-electron chi connectivity index (χ4n) is 3.01. The van der Waals surface area contributed by atoms with Crippen molar-refractivity contribution in [2.24, 2.45) is 11.8 Å². The molecule has 1 saturated carbocycles. The molecule has 2 amide bonds. The lowest BCUT2D eigenvalue weighted by Gasteiger charge is -2.40. The predicted molar refractivity (Wildman–Crippen MR) is 65.3 cm³/mol. The molecular formula is C13H22N2O2. The van der Waals surface area contributed by atoms with Crippen LogP contribution in [0.1, 0.15) is 39.0 Å². The van der Waals surface area contributed by atoms with Crippen LogP contribution in [0.25, 0.3) is 0 Å². The number of carbonyl (C=O) groups excluding carboxylic acids is 2. The molecule has 17 heavy (non-hydrogen) atoms. The Morgan fingerprint density at radius 2 is 1.88 bits per heavy atom. The summed E-state index contributed by atoms with van der Waals surface area (Å²) in [7, 11) is 1.88. The highest BCUT2D eigenvalue weighted by Crippen LogP contribution is 2.36. The van der Waals surface area contributed by atoms with Gasteiger partial charge in [-0.3, -0.25) is 14.5 Å². The summed E-state index contributed by atoms with van der Waals surface area (Å²) in [4.78, 5) is 25.9. The van der Waals surface area contributed by atoms with Crippen molar-refractivity contribution in [2.75, 3.05) is 13.6 Å². The van der Waals surface area contributed by atoms with Gasteiger partial charge in [0.15, 0.2) is 0 Å². The summed E-state index contributed by atoms with van der Waals surface area (Å²) in [6, 6.07) is 0.224. The van der Waals surface area contributed by atoms with E-state index >= 15 is 0 Å². The minimum absolute atomic E-state index is 0.0691. The summed E-state index contributed by atoms with van der Waals surface area (Å²) in [6.07, 6.45) is 4.70. The Bertz CT molecular complexity index is 291. The Balaban J connectivity index is 2.09. The van der Waals surface area contributed by atoms with Crippen molar-refractivity contribution in [1.82, 2.24) is 10.2 Å². The van der Waals surface area contributed by atoms with Crippen LogP contribution in [0.4, 0.5) is 0 Å². The second-order valence-electron chi connectivity index (χ2n) is 5.24. The van der Waals surface area contributed by atoms with Crippen LogP contribution in [0.15, 0.2) is 0 Å². The van der Waals surface area contributed by atoms with Crippen molar-refractivity contribution in [1.29, 1.82) is 0 Å². The van der Waals surface area contributed by atoms with Crippen LogP contribution in [0.3, 0.4) is 0 Å². The first kappa shape index (κ1) is 12.6. The third kappa shape index (κ3) is 2.37. The number of hydrogen-bond acceptors (Lipinski definition) is 3. The number of carbonyl (C=O) groups is 2. The van der Waals surface area contributed by atoms with Crippen LogP contribution >= 0.6 is 0 Å². The number of likely N-dealkylation sites (tertiary alicyclic amines) is 1. The van der Waals surface area contributed by atoms with Crippen molar-refractivity contribution in [2.45, 2.75) is 45.1 Å². The maximum atomic E-state index is 12.2. The SMILES string of the molecule is CCC(CN1C(=O)C2CCCC(C2)C1=O)NC. The molecule has 0 aromatic carbocycles. The molecule has 2 aliphatic rings. The van der Waals surface area contributed by atoms with Crippen LogP contribution in [-0.2, 0) is 9.59 Å². The zero-order valence-electron chi connectivity index (χ0n) is 10.7. The monoisotopic (exact) mass is 238 g/mol. The number of amides is 2. The number of nitrogens with zero attached hydrogens (tertiary/aromatic N) is 1. The minimum atomic E-state index is 0.0691. The molecule has 0 aromatic heterocycles. The van der Waals surface area contributed by atoms with Gasteiger partial charge in [-0.1, -0.05) is 13.3 Å². The number of rotatable bonds is 4. The number of piperidine rings is 1. The molecule has 2 rings (SSSR count). The summed E-state index contributed by atoms with van der Waals surface area (Å²) in [5.41, 5.74) is 0. The number of fused-ring (bicyclic) bond motifs is 2. The molecule has 0 aromatic rings. The summed E-state index contributed by atoms with van der Waals surface area (Å²) in [5.74, 6) is 0.362. The Morgan fingerprint density at radius 1 is 1.29 bits per heavy atom. The third-order valence-corrected chi connectivity index (χ3v) is 4.21. The molecule has 2 bridgehead atoms.